The van der Waals surface area contributed by atoms with Crippen molar-refractivity contribution in [3.63, 3.8) is 0 Å². The van der Waals surface area contributed by atoms with Crippen molar-refractivity contribution in [1.29, 1.82) is 5.41 Å². The number of halogens is 3. The fraction of sp³-hybridized carbons (Fsp3) is 0.158. The van der Waals surface area contributed by atoms with Gasteiger partial charge >= 0.3 is 12.1 Å². The number of aromatic nitrogens is 1. The second-order valence-corrected chi connectivity index (χ2v) is 9.62. The molecule has 0 fully saturated rings. The van der Waals surface area contributed by atoms with E-state index in [0.717, 1.165) is 3.97 Å². The van der Waals surface area contributed by atoms with Crippen molar-refractivity contribution < 1.29 is 31.5 Å². The minimum atomic E-state index is -4.87. The van der Waals surface area contributed by atoms with Crippen LogP contribution in [0, 0.1) is 5.41 Å². The predicted molar refractivity (Wildman–Crippen MR) is 111 cm³/mol. The molecule has 2 aromatic heterocycles. The number of hydrogen-bond donors (Lipinski definition) is 3. The van der Waals surface area contributed by atoms with Crippen molar-refractivity contribution in [1.82, 2.24) is 3.97 Å². The third-order valence-corrected chi connectivity index (χ3v) is 7.63. The Kier molecular flexibility index (Phi) is 5.96. The fourth-order valence-corrected chi connectivity index (χ4v) is 5.59. The lowest BCUT2D eigenvalue weighted by Crippen LogP contribution is -2.20. The number of benzene rings is 1. The van der Waals surface area contributed by atoms with Crippen LogP contribution in [-0.2, 0) is 21.2 Å². The molecule has 0 aliphatic carbocycles. The summed E-state index contributed by atoms with van der Waals surface area (Å²) in [5.74, 6) is -1.02. The van der Waals surface area contributed by atoms with Crippen molar-refractivity contribution in [2.24, 2.45) is 5.73 Å². The maximum Gasteiger partial charge on any atom is 0.432 e. The van der Waals surface area contributed by atoms with Gasteiger partial charge in [0, 0.05) is 18.0 Å². The number of nitrogens with one attached hydrogen (secondary N) is 1. The zero-order valence-electron chi connectivity index (χ0n) is 15.7. The Morgan fingerprint density at radius 2 is 1.90 bits per heavy atom. The number of hydrogen-bond acceptors (Lipinski definition) is 6. The van der Waals surface area contributed by atoms with Gasteiger partial charge in [0.25, 0.3) is 10.0 Å². The minimum absolute atomic E-state index is 0.0649. The largest absolute Gasteiger partial charge is 0.481 e. The summed E-state index contributed by atoms with van der Waals surface area (Å²) in [7, 11) is -4.12. The lowest BCUT2D eigenvalue weighted by molar-refractivity contribution is -0.136. The number of carboxylic acids is 1. The second-order valence-electron chi connectivity index (χ2n) is 6.50. The Labute approximate surface area is 178 Å². The SMILES string of the molecule is N=C(C=C(N)c1ccc(S(=O)(=O)n2cc(CCC(=O)O)c3ccccc32)s1)C(F)(F)F. The zero-order chi connectivity index (χ0) is 23.0. The summed E-state index contributed by atoms with van der Waals surface area (Å²) < 4.78 is 64.9. The predicted octanol–water partition coefficient (Wildman–Crippen LogP) is 3.84. The van der Waals surface area contributed by atoms with Gasteiger partial charge in [0.05, 0.1) is 16.1 Å². The monoisotopic (exact) mass is 471 g/mol. The van der Waals surface area contributed by atoms with Gasteiger partial charge in [0.15, 0.2) is 0 Å². The van der Waals surface area contributed by atoms with Crippen molar-refractivity contribution in [3.8, 4) is 0 Å². The minimum Gasteiger partial charge on any atom is -0.481 e. The third kappa shape index (κ3) is 4.64. The first kappa shape index (κ1) is 22.6. The maximum absolute atomic E-state index is 13.2. The van der Waals surface area contributed by atoms with Gasteiger partial charge in [-0.05, 0) is 36.3 Å². The van der Waals surface area contributed by atoms with Crippen molar-refractivity contribution in [2.45, 2.75) is 23.2 Å². The van der Waals surface area contributed by atoms with Crippen molar-refractivity contribution in [2.75, 3.05) is 0 Å². The van der Waals surface area contributed by atoms with Crippen LogP contribution in [0.2, 0.25) is 0 Å². The summed E-state index contributed by atoms with van der Waals surface area (Å²) in [6.45, 7) is 0. The van der Waals surface area contributed by atoms with Crippen LogP contribution in [0.3, 0.4) is 0 Å². The van der Waals surface area contributed by atoms with E-state index in [9.17, 15) is 26.4 Å². The number of aryl methyl sites for hydroxylation is 1. The van der Waals surface area contributed by atoms with E-state index in [1.807, 2.05) is 0 Å². The molecule has 7 nitrogen and oxygen atoms in total. The summed E-state index contributed by atoms with van der Waals surface area (Å²) in [4.78, 5) is 11.0. The highest BCUT2D eigenvalue weighted by Crippen LogP contribution is 2.31. The number of aliphatic carboxylic acids is 1. The molecule has 0 unspecified atom stereocenters. The molecule has 0 radical (unpaired) electrons. The van der Waals surface area contributed by atoms with Gasteiger partial charge in [-0.2, -0.15) is 21.6 Å². The average Bonchev–Trinajstić information content (AvgIpc) is 3.32. The van der Waals surface area contributed by atoms with Crippen LogP contribution in [-0.4, -0.2) is 35.4 Å². The number of alkyl halides is 3. The molecule has 0 saturated heterocycles. The molecule has 31 heavy (non-hydrogen) atoms. The first-order valence-electron chi connectivity index (χ1n) is 8.70. The van der Waals surface area contributed by atoms with E-state index in [1.165, 1.54) is 18.3 Å². The molecule has 0 aliphatic heterocycles. The Morgan fingerprint density at radius 3 is 2.55 bits per heavy atom. The van der Waals surface area contributed by atoms with Crippen LogP contribution < -0.4 is 5.73 Å². The number of nitrogens with zero attached hydrogens (tertiary/aromatic N) is 1. The summed E-state index contributed by atoms with van der Waals surface area (Å²) in [5, 5.41) is 16.5. The highest BCUT2D eigenvalue weighted by Gasteiger charge is 2.33. The molecule has 1 aromatic carbocycles. The van der Waals surface area contributed by atoms with Gasteiger partial charge < -0.3 is 10.8 Å². The van der Waals surface area contributed by atoms with E-state index in [4.69, 9.17) is 16.2 Å². The number of fused-ring (bicyclic) bond motifs is 1. The van der Waals surface area contributed by atoms with Gasteiger partial charge in [-0.25, -0.2) is 3.97 Å². The number of allylic oxidation sites excluding steroid dienone is 1. The molecule has 12 heteroatoms. The molecule has 0 bridgehead atoms. The lowest BCUT2D eigenvalue weighted by atomic mass is 10.1. The van der Waals surface area contributed by atoms with Gasteiger partial charge in [-0.15, -0.1) is 11.3 Å². The quantitative estimate of drug-likeness (QED) is 0.452. The van der Waals surface area contributed by atoms with Gasteiger partial charge in [-0.3, -0.25) is 10.2 Å². The summed E-state index contributed by atoms with van der Waals surface area (Å²) in [6.07, 6.45) is -3.14. The van der Waals surface area contributed by atoms with E-state index >= 15 is 0 Å². The summed E-state index contributed by atoms with van der Waals surface area (Å²) in [6, 6.07) is 9.09. The van der Waals surface area contributed by atoms with Crippen LogP contribution in [0.5, 0.6) is 0 Å². The Morgan fingerprint density at radius 1 is 1.23 bits per heavy atom. The number of nitrogens with two attached hydrogens (primary N) is 1. The van der Waals surface area contributed by atoms with E-state index in [1.54, 1.807) is 24.3 Å². The van der Waals surface area contributed by atoms with Crippen LogP contribution in [0.1, 0.15) is 16.9 Å². The van der Waals surface area contributed by atoms with Crippen molar-refractivity contribution in [3.05, 3.63) is 59.1 Å². The van der Waals surface area contributed by atoms with E-state index in [0.29, 0.717) is 33.9 Å². The number of rotatable bonds is 7. The smallest absolute Gasteiger partial charge is 0.432 e. The molecule has 3 aromatic rings. The fourth-order valence-electron chi connectivity index (χ4n) is 2.88. The van der Waals surface area contributed by atoms with E-state index in [-0.39, 0.29) is 27.6 Å². The van der Waals surface area contributed by atoms with Gasteiger partial charge in [0.1, 0.15) is 9.92 Å². The normalized spacial score (nSPS) is 12.9. The third-order valence-electron chi connectivity index (χ3n) is 4.35. The Hall–Kier alpha value is -3.12. The molecule has 0 spiro atoms. The van der Waals surface area contributed by atoms with Crippen LogP contribution in [0.15, 0.2) is 52.9 Å². The summed E-state index contributed by atoms with van der Waals surface area (Å²) >= 11 is 0.671. The molecule has 0 saturated carbocycles. The van der Waals surface area contributed by atoms with Crippen LogP contribution in [0.25, 0.3) is 16.6 Å². The molecule has 0 aliphatic rings. The topological polar surface area (TPSA) is 126 Å². The van der Waals surface area contributed by atoms with Crippen LogP contribution in [0.4, 0.5) is 13.2 Å². The number of para-hydroxylation sites is 1. The van der Waals surface area contributed by atoms with Crippen molar-refractivity contribution >= 4 is 49.6 Å². The molecule has 3 rings (SSSR count). The Bertz CT molecular complexity index is 1300. The molecular formula is C19H16F3N3O4S2. The average molecular weight is 471 g/mol. The standard InChI is InChI=1S/C19H16F3N3O4S2/c20-19(21,22)16(24)9-13(23)15-6-8-18(30-15)31(28,29)25-10-11(5-7-17(26)27)12-3-1-2-4-14(12)25/h1-4,6,8-10,24H,5,7,23H2,(H,26,27). The van der Waals surface area contributed by atoms with E-state index < -0.39 is 27.9 Å². The highest BCUT2D eigenvalue weighted by atomic mass is 32.2. The van der Waals surface area contributed by atoms with Gasteiger partial charge in [-0.1, -0.05) is 18.2 Å². The number of carboxylic acid groups (broad SMARTS) is 1. The first-order valence-corrected chi connectivity index (χ1v) is 11.0. The molecule has 164 valence electrons. The first-order chi connectivity index (χ1) is 14.4. The molecular weight excluding hydrogens is 455 g/mol. The molecule has 2 heterocycles. The molecule has 0 atom stereocenters. The maximum atomic E-state index is 13.2. The van der Waals surface area contributed by atoms with E-state index in [2.05, 4.69) is 0 Å². The summed E-state index contributed by atoms with van der Waals surface area (Å²) in [5.41, 5.74) is 4.48. The zero-order valence-corrected chi connectivity index (χ0v) is 17.3. The van der Waals surface area contributed by atoms with Gasteiger partial charge in [0.2, 0.25) is 0 Å². The lowest BCUT2D eigenvalue weighted by Gasteiger charge is -2.06. The van der Waals surface area contributed by atoms with Crippen LogP contribution >= 0.6 is 11.3 Å². The number of thiophene rings is 1. The second kappa shape index (κ2) is 8.19. The number of carbonyl (C=O) groups is 1. The Balaban J connectivity index is 2.02. The molecule has 0 amide bonds. The highest BCUT2D eigenvalue weighted by molar-refractivity contribution is 7.92. The molecule has 4 N–H and O–H groups in total.